The van der Waals surface area contributed by atoms with Gasteiger partial charge in [-0.3, -0.25) is 9.55 Å². The zero-order valence-corrected chi connectivity index (χ0v) is 40.9. The Labute approximate surface area is 388 Å². The molecule has 2 heterocycles. The van der Waals surface area contributed by atoms with E-state index in [0.717, 1.165) is 73.3 Å². The molecule has 0 spiro atoms. The van der Waals surface area contributed by atoms with E-state index in [-0.39, 0.29) is 33.8 Å². The van der Waals surface area contributed by atoms with Gasteiger partial charge in [0.25, 0.3) is 0 Å². The number of pyridine rings is 1. The molecular weight excluding hydrogens is 791 g/mol. The molecule has 0 amide bonds. The highest BCUT2D eigenvalue weighted by Crippen LogP contribution is 2.45. The third-order valence-electron chi connectivity index (χ3n) is 13.6. The average molecular weight is 858 g/mol. The number of fused-ring (bicyclic) bond motifs is 1. The number of benzene rings is 6. The second kappa shape index (κ2) is 17.3. The summed E-state index contributed by atoms with van der Waals surface area (Å²) >= 11 is 0. The summed E-state index contributed by atoms with van der Waals surface area (Å²) < 4.78 is 2.30. The van der Waals surface area contributed by atoms with Crippen molar-refractivity contribution >= 4 is 11.0 Å². The van der Waals surface area contributed by atoms with E-state index in [9.17, 15) is 5.11 Å². The molecule has 0 aliphatic rings. The summed E-state index contributed by atoms with van der Waals surface area (Å²) in [4.78, 5) is 10.7. The number of hydrogen-bond acceptors (Lipinski definition) is 3. The van der Waals surface area contributed by atoms with E-state index in [4.69, 9.17) is 9.97 Å². The van der Waals surface area contributed by atoms with Gasteiger partial charge in [-0.2, -0.15) is 0 Å². The van der Waals surface area contributed by atoms with Gasteiger partial charge in [-0.25, -0.2) is 4.98 Å². The number of aromatic nitrogens is 3. The molecule has 0 saturated heterocycles. The first kappa shape index (κ1) is 45.3. The maximum Gasteiger partial charge on any atom is 0.149 e. The smallest absolute Gasteiger partial charge is 0.149 e. The van der Waals surface area contributed by atoms with Crippen molar-refractivity contribution in [3.63, 3.8) is 0 Å². The van der Waals surface area contributed by atoms with Crippen LogP contribution in [0, 0.1) is 0 Å². The molecular formula is C61H67N3O. The molecule has 0 atom stereocenters. The average Bonchev–Trinajstić information content (AvgIpc) is 3.67. The first-order chi connectivity index (χ1) is 30.7. The molecule has 4 nitrogen and oxygen atoms in total. The number of hydrogen-bond donors (Lipinski definition) is 1. The predicted molar refractivity (Wildman–Crippen MR) is 277 cm³/mol. The van der Waals surface area contributed by atoms with E-state index >= 15 is 0 Å². The minimum Gasteiger partial charge on any atom is -0.507 e. The Morgan fingerprint density at radius 3 is 1.86 bits per heavy atom. The fraction of sp³-hybridized carbons (Fsp3) is 0.311. The first-order valence-corrected chi connectivity index (χ1v) is 23.6. The fourth-order valence-corrected chi connectivity index (χ4v) is 8.88. The van der Waals surface area contributed by atoms with Crippen LogP contribution in [-0.2, 0) is 16.2 Å². The van der Waals surface area contributed by atoms with Gasteiger partial charge in [0.1, 0.15) is 11.6 Å². The molecule has 8 aromatic rings. The van der Waals surface area contributed by atoms with Crippen molar-refractivity contribution in [2.24, 2.45) is 0 Å². The van der Waals surface area contributed by atoms with Gasteiger partial charge >= 0.3 is 0 Å². The summed E-state index contributed by atoms with van der Waals surface area (Å²) in [6, 6.07) is 48.7. The van der Waals surface area contributed by atoms with Gasteiger partial charge in [0.05, 0.1) is 28.0 Å². The lowest BCUT2D eigenvalue weighted by molar-refractivity contribution is 0.466. The van der Waals surface area contributed by atoms with Crippen molar-refractivity contribution in [3.05, 3.63) is 167 Å². The molecule has 0 aliphatic carbocycles. The maximum absolute atomic E-state index is 12.4. The Balaban J connectivity index is 1.41. The van der Waals surface area contributed by atoms with Crippen LogP contribution in [0.3, 0.4) is 0 Å². The monoisotopic (exact) mass is 858 g/mol. The summed E-state index contributed by atoms with van der Waals surface area (Å²) in [6.45, 7) is 29.2. The molecule has 4 heteroatoms. The largest absolute Gasteiger partial charge is 0.507 e. The van der Waals surface area contributed by atoms with E-state index < -0.39 is 0 Å². The van der Waals surface area contributed by atoms with E-state index in [1.165, 1.54) is 27.8 Å². The minimum atomic E-state index is -0.140. The van der Waals surface area contributed by atoms with Crippen molar-refractivity contribution in [1.82, 2.24) is 14.5 Å². The lowest BCUT2D eigenvalue weighted by atomic mass is 9.81. The third kappa shape index (κ3) is 8.93. The molecule has 2 aromatic heterocycles. The first-order valence-electron chi connectivity index (χ1n) is 23.6. The molecule has 1 N–H and O–H groups in total. The lowest BCUT2D eigenvalue weighted by Gasteiger charge is -2.26. The number of imidazole rings is 1. The normalized spacial score (nSPS) is 12.5. The summed E-state index contributed by atoms with van der Waals surface area (Å²) in [5.74, 6) is 1.37. The molecule has 0 radical (unpaired) electrons. The van der Waals surface area contributed by atoms with Crippen LogP contribution >= 0.6 is 0 Å². The Bertz CT molecular complexity index is 3010. The summed E-state index contributed by atoms with van der Waals surface area (Å²) in [7, 11) is 0. The van der Waals surface area contributed by atoms with Gasteiger partial charge in [-0.15, -0.1) is 0 Å². The van der Waals surface area contributed by atoms with Crippen LogP contribution in [-0.4, -0.2) is 19.6 Å². The predicted octanol–water partition coefficient (Wildman–Crippen LogP) is 17.0. The Hall–Kier alpha value is -6.26. The zero-order chi connectivity index (χ0) is 46.6. The Morgan fingerprint density at radius 1 is 0.538 bits per heavy atom. The molecule has 8 rings (SSSR count). The molecule has 0 saturated carbocycles. The molecule has 65 heavy (non-hydrogen) atoms. The fourth-order valence-electron chi connectivity index (χ4n) is 8.88. The van der Waals surface area contributed by atoms with Crippen molar-refractivity contribution < 1.29 is 5.11 Å². The maximum atomic E-state index is 12.4. The highest BCUT2D eigenvalue weighted by molar-refractivity contribution is 5.98. The molecule has 0 fully saturated rings. The Kier molecular flexibility index (Phi) is 12.0. The summed E-state index contributed by atoms with van der Waals surface area (Å²) in [6.07, 6.45) is 2.94. The SMILES string of the molecule is CCC(C)(C)c1ccc(-n2c(-c3cc(C(C)C)cc(C(C)C)c3O)nc3c(-c4cc(-c5cc(-c6ccc(C(C)(C)C)cc6)ccn5)cc(C(C)(C)C)c4)cccc32)c(-c2ccccc2)c1. The molecule has 0 unspecified atom stereocenters. The van der Waals surface area contributed by atoms with Crippen molar-refractivity contribution in [3.8, 4) is 67.5 Å². The van der Waals surface area contributed by atoms with Crippen LogP contribution in [0.5, 0.6) is 5.75 Å². The minimum absolute atomic E-state index is 0.0217. The van der Waals surface area contributed by atoms with Crippen molar-refractivity contribution in [2.45, 2.75) is 125 Å². The van der Waals surface area contributed by atoms with Crippen LogP contribution in [0.2, 0.25) is 0 Å². The molecule has 0 bridgehead atoms. The van der Waals surface area contributed by atoms with Gasteiger partial charge < -0.3 is 5.11 Å². The highest BCUT2D eigenvalue weighted by atomic mass is 16.3. The van der Waals surface area contributed by atoms with Crippen LogP contribution in [0.15, 0.2) is 140 Å². The van der Waals surface area contributed by atoms with Crippen LogP contribution in [0.25, 0.3) is 72.7 Å². The quantitative estimate of drug-likeness (QED) is 0.149. The topological polar surface area (TPSA) is 50.9 Å². The van der Waals surface area contributed by atoms with E-state index in [1.807, 2.05) is 6.20 Å². The second-order valence-corrected chi connectivity index (χ2v) is 21.4. The van der Waals surface area contributed by atoms with Crippen LogP contribution < -0.4 is 0 Å². The standard InChI is InChI=1S/C61H67N3O/c1-14-61(12,13)47-27-28-54(51(37-47)41-19-16-15-17-20-41)64-55-22-18-21-49(56(55)63-58(64)52-35-43(38(2)3)34-50(39(4)5)57(52)65)44-31-45(33-48(32-44)60(9,10)11)53-36-42(29-30-62-53)40-23-25-46(26-24-40)59(6,7)8/h15-39,65H,14H2,1-13H3. The molecule has 0 aliphatic heterocycles. The van der Waals surface area contributed by atoms with Gasteiger partial charge in [0.2, 0.25) is 0 Å². The zero-order valence-electron chi connectivity index (χ0n) is 40.9. The van der Waals surface area contributed by atoms with Gasteiger partial charge in [-0.05, 0) is 133 Å². The third-order valence-corrected chi connectivity index (χ3v) is 13.6. The summed E-state index contributed by atoms with van der Waals surface area (Å²) in [5, 5.41) is 12.4. The molecule has 6 aromatic carbocycles. The van der Waals surface area contributed by atoms with Crippen molar-refractivity contribution in [2.75, 3.05) is 0 Å². The number of phenolic OH excluding ortho intramolecular Hbond substituents is 1. The van der Waals surface area contributed by atoms with E-state index in [2.05, 4.69) is 228 Å². The van der Waals surface area contributed by atoms with Gasteiger partial charge in [0, 0.05) is 22.9 Å². The van der Waals surface area contributed by atoms with Gasteiger partial charge in [-0.1, -0.05) is 175 Å². The van der Waals surface area contributed by atoms with Gasteiger partial charge in [0.15, 0.2) is 0 Å². The van der Waals surface area contributed by atoms with Crippen molar-refractivity contribution in [1.29, 1.82) is 0 Å². The second-order valence-electron chi connectivity index (χ2n) is 21.4. The highest BCUT2D eigenvalue weighted by Gasteiger charge is 2.27. The number of aromatic hydroxyl groups is 1. The number of phenols is 1. The number of rotatable bonds is 10. The summed E-state index contributed by atoms with van der Waals surface area (Å²) in [5.41, 5.74) is 18.1. The number of nitrogens with zero attached hydrogens (tertiary/aromatic N) is 3. The molecule has 332 valence electrons. The number of para-hydroxylation sites is 1. The Morgan fingerprint density at radius 2 is 1.22 bits per heavy atom. The van der Waals surface area contributed by atoms with Crippen LogP contribution in [0.1, 0.15) is 136 Å². The van der Waals surface area contributed by atoms with E-state index in [0.29, 0.717) is 5.82 Å². The van der Waals surface area contributed by atoms with E-state index in [1.54, 1.807) is 0 Å². The lowest BCUT2D eigenvalue weighted by Crippen LogP contribution is -2.16. The van der Waals surface area contributed by atoms with Crippen LogP contribution in [0.4, 0.5) is 0 Å².